The van der Waals surface area contributed by atoms with Crippen molar-refractivity contribution < 1.29 is 8.78 Å². The molecule has 0 aliphatic heterocycles. The van der Waals surface area contributed by atoms with Gasteiger partial charge in [0.05, 0.1) is 22.6 Å². The zero-order valence-corrected chi connectivity index (χ0v) is 21.6. The second-order valence-electron chi connectivity index (χ2n) is 10.3. The van der Waals surface area contributed by atoms with Crippen molar-refractivity contribution in [3.8, 4) is 33.9 Å². The molecule has 0 atom stereocenters. The molecule has 200 valence electrons. The van der Waals surface area contributed by atoms with E-state index in [-0.39, 0.29) is 16.9 Å². The smallest absolute Gasteiger partial charge is 0.178 e. The van der Waals surface area contributed by atoms with Gasteiger partial charge in [0.25, 0.3) is 0 Å². The number of imidazole rings is 1. The minimum absolute atomic E-state index is 0.196. The average molecular weight is 537 g/mol. The third-order valence-corrected chi connectivity index (χ3v) is 7.62. The molecule has 10 heteroatoms. The summed E-state index contributed by atoms with van der Waals surface area (Å²) >= 11 is 0. The zero-order chi connectivity index (χ0) is 27.1. The molecule has 1 saturated carbocycles. The van der Waals surface area contributed by atoms with E-state index in [1.807, 2.05) is 12.1 Å². The summed E-state index contributed by atoms with van der Waals surface area (Å²) in [5.41, 5.74) is 5.24. The van der Waals surface area contributed by atoms with Gasteiger partial charge in [0.2, 0.25) is 0 Å². The Morgan fingerprint density at radius 3 is 2.62 bits per heavy atom. The van der Waals surface area contributed by atoms with Crippen molar-refractivity contribution in [2.75, 3.05) is 6.54 Å². The molecule has 1 aromatic carbocycles. The van der Waals surface area contributed by atoms with Crippen LogP contribution in [0.1, 0.15) is 31.2 Å². The van der Waals surface area contributed by atoms with Crippen LogP contribution in [0.4, 0.5) is 8.78 Å². The first-order chi connectivity index (χ1) is 19.6. The van der Waals surface area contributed by atoms with Gasteiger partial charge in [0.1, 0.15) is 17.2 Å². The highest BCUT2D eigenvalue weighted by atomic mass is 19.1. The van der Waals surface area contributed by atoms with Crippen LogP contribution in [0.25, 0.3) is 56.0 Å². The van der Waals surface area contributed by atoms with Gasteiger partial charge >= 0.3 is 0 Å². The van der Waals surface area contributed by atoms with E-state index in [0.717, 1.165) is 29.2 Å². The lowest BCUT2D eigenvalue weighted by Gasteiger charge is -2.11. The predicted octanol–water partition coefficient (Wildman–Crippen LogP) is 6.18. The van der Waals surface area contributed by atoms with Gasteiger partial charge in [-0.25, -0.2) is 18.7 Å². The van der Waals surface area contributed by atoms with Crippen molar-refractivity contribution in [3.63, 3.8) is 0 Å². The van der Waals surface area contributed by atoms with Gasteiger partial charge in [-0.3, -0.25) is 15.1 Å². The number of hydrogen-bond donors (Lipinski definition) is 3. The standard InChI is InChI=1S/C30H26F2N8/c31-21-7-5-19(6-8-21)22-9-10-35-29-27(22)37-30(38-29)28-24-23(39-40-28)16-36-26(25(24)32)20-11-18(14-34-15-20)13-33-12-17-3-1-2-4-17/h5-11,14-17,33H,1-4,12-13H2,(H,39,40)(H,35,37,38). The van der Waals surface area contributed by atoms with Crippen molar-refractivity contribution in [2.24, 2.45) is 5.92 Å². The van der Waals surface area contributed by atoms with Gasteiger partial charge in [-0.2, -0.15) is 5.10 Å². The Labute approximate surface area is 228 Å². The third-order valence-electron chi connectivity index (χ3n) is 7.62. The van der Waals surface area contributed by atoms with Crippen LogP contribution in [0.2, 0.25) is 0 Å². The van der Waals surface area contributed by atoms with Gasteiger partial charge in [-0.05, 0) is 60.7 Å². The fourth-order valence-electron chi connectivity index (χ4n) is 5.59. The molecule has 0 amide bonds. The summed E-state index contributed by atoms with van der Waals surface area (Å²) in [6.07, 6.45) is 11.8. The number of benzene rings is 1. The molecule has 1 aliphatic rings. The fraction of sp³-hybridized carbons (Fsp3) is 0.233. The number of pyridine rings is 3. The summed E-state index contributed by atoms with van der Waals surface area (Å²) in [6, 6.07) is 9.94. The largest absolute Gasteiger partial charge is 0.335 e. The highest BCUT2D eigenvalue weighted by Crippen LogP contribution is 2.34. The van der Waals surface area contributed by atoms with E-state index in [0.29, 0.717) is 40.3 Å². The normalized spacial score (nSPS) is 14.1. The summed E-state index contributed by atoms with van der Waals surface area (Å²) in [6.45, 7) is 1.65. The lowest BCUT2D eigenvalue weighted by Crippen LogP contribution is -2.20. The summed E-state index contributed by atoms with van der Waals surface area (Å²) in [5.74, 6) is 0.273. The quantitative estimate of drug-likeness (QED) is 0.225. The maximum absolute atomic E-state index is 16.1. The summed E-state index contributed by atoms with van der Waals surface area (Å²) in [4.78, 5) is 21.0. The van der Waals surface area contributed by atoms with E-state index in [4.69, 9.17) is 0 Å². The number of nitrogens with zero attached hydrogens (tertiary/aromatic N) is 5. The maximum atomic E-state index is 16.1. The Morgan fingerprint density at radius 1 is 0.925 bits per heavy atom. The average Bonchev–Trinajstić information content (AvgIpc) is 3.73. The van der Waals surface area contributed by atoms with E-state index in [1.54, 1.807) is 36.9 Å². The summed E-state index contributed by atoms with van der Waals surface area (Å²) in [5, 5.41) is 11.0. The SMILES string of the molecule is Fc1ccc(-c2ccnc3nc(-c4n[nH]c5cnc(-c6cncc(CNCC7CCCC7)c6)c(F)c45)[nH]c23)cc1. The second-order valence-corrected chi connectivity index (χ2v) is 10.3. The first-order valence-corrected chi connectivity index (χ1v) is 13.4. The van der Waals surface area contributed by atoms with Crippen LogP contribution in [-0.2, 0) is 6.54 Å². The number of aromatic nitrogens is 7. The molecule has 8 nitrogen and oxygen atoms in total. The van der Waals surface area contributed by atoms with Crippen LogP contribution in [0, 0.1) is 17.6 Å². The Morgan fingerprint density at radius 2 is 1.77 bits per heavy atom. The molecule has 6 aromatic rings. The molecular weight excluding hydrogens is 510 g/mol. The van der Waals surface area contributed by atoms with E-state index in [2.05, 4.69) is 40.4 Å². The number of aromatic amines is 2. The van der Waals surface area contributed by atoms with Crippen molar-refractivity contribution in [1.82, 2.24) is 40.4 Å². The molecule has 1 fully saturated rings. The van der Waals surface area contributed by atoms with Crippen molar-refractivity contribution in [3.05, 3.63) is 78.4 Å². The van der Waals surface area contributed by atoms with Gasteiger partial charge in [0, 0.05) is 36.3 Å². The van der Waals surface area contributed by atoms with Crippen molar-refractivity contribution in [2.45, 2.75) is 32.2 Å². The highest BCUT2D eigenvalue weighted by Gasteiger charge is 2.22. The summed E-state index contributed by atoms with van der Waals surface area (Å²) in [7, 11) is 0. The Bertz CT molecular complexity index is 1820. The number of rotatable bonds is 7. The van der Waals surface area contributed by atoms with Crippen LogP contribution in [-0.4, -0.2) is 41.7 Å². The third kappa shape index (κ3) is 4.50. The lowest BCUT2D eigenvalue weighted by molar-refractivity contribution is 0.489. The Hall–Kier alpha value is -4.57. The monoisotopic (exact) mass is 536 g/mol. The molecule has 0 spiro atoms. The number of hydrogen-bond acceptors (Lipinski definition) is 6. The molecular formula is C30H26F2N8. The van der Waals surface area contributed by atoms with E-state index >= 15 is 4.39 Å². The molecule has 0 radical (unpaired) electrons. The topological polar surface area (TPSA) is 108 Å². The van der Waals surface area contributed by atoms with Gasteiger partial charge in [-0.1, -0.05) is 25.0 Å². The van der Waals surface area contributed by atoms with Gasteiger partial charge in [-0.15, -0.1) is 0 Å². The van der Waals surface area contributed by atoms with Crippen molar-refractivity contribution >= 4 is 22.1 Å². The van der Waals surface area contributed by atoms with Gasteiger partial charge < -0.3 is 10.3 Å². The van der Waals surface area contributed by atoms with E-state index in [1.165, 1.54) is 37.8 Å². The molecule has 5 aromatic heterocycles. The Kier molecular flexibility index (Phi) is 6.24. The lowest BCUT2D eigenvalue weighted by atomic mass is 10.1. The highest BCUT2D eigenvalue weighted by molar-refractivity contribution is 5.97. The molecule has 7 rings (SSSR count). The first-order valence-electron chi connectivity index (χ1n) is 13.4. The number of nitrogens with one attached hydrogen (secondary N) is 3. The van der Waals surface area contributed by atoms with E-state index < -0.39 is 5.82 Å². The van der Waals surface area contributed by atoms with Crippen LogP contribution >= 0.6 is 0 Å². The number of halogens is 2. The molecule has 5 heterocycles. The fourth-order valence-corrected chi connectivity index (χ4v) is 5.59. The maximum Gasteiger partial charge on any atom is 0.178 e. The summed E-state index contributed by atoms with van der Waals surface area (Å²) < 4.78 is 29.6. The molecule has 0 unspecified atom stereocenters. The predicted molar refractivity (Wildman–Crippen MR) is 149 cm³/mol. The van der Waals surface area contributed by atoms with Crippen LogP contribution < -0.4 is 5.32 Å². The van der Waals surface area contributed by atoms with Crippen LogP contribution in [0.3, 0.4) is 0 Å². The molecule has 0 saturated heterocycles. The molecule has 1 aliphatic carbocycles. The minimum Gasteiger partial charge on any atom is -0.335 e. The molecule has 40 heavy (non-hydrogen) atoms. The van der Waals surface area contributed by atoms with E-state index in [9.17, 15) is 4.39 Å². The first kappa shape index (κ1) is 24.5. The van der Waals surface area contributed by atoms with Crippen molar-refractivity contribution in [1.29, 1.82) is 0 Å². The van der Waals surface area contributed by atoms with Crippen LogP contribution in [0.15, 0.2) is 61.2 Å². The molecule has 0 bridgehead atoms. The minimum atomic E-state index is -0.508. The Balaban J connectivity index is 1.23. The molecule has 3 N–H and O–H groups in total. The van der Waals surface area contributed by atoms with Crippen LogP contribution in [0.5, 0.6) is 0 Å². The zero-order valence-electron chi connectivity index (χ0n) is 21.6. The number of fused-ring (bicyclic) bond motifs is 2. The van der Waals surface area contributed by atoms with Gasteiger partial charge in [0.15, 0.2) is 17.3 Å². The number of H-pyrrole nitrogens is 2. The second kappa shape index (κ2) is 10.2.